The minimum atomic E-state index is -3.97. The Bertz CT molecular complexity index is 1060. The number of carbonyl (C=O) groups is 2. The molecule has 0 aromatic heterocycles. The number of aliphatic hydroxyl groups excluding tert-OH is 1. The number of Topliss-reactive ketones (excluding diaryl/α,β-unsaturated/α-hetero) is 1. The lowest BCUT2D eigenvalue weighted by Crippen LogP contribution is -2.37. The van der Waals surface area contributed by atoms with Crippen molar-refractivity contribution in [3.05, 3.63) is 70.9 Å². The summed E-state index contributed by atoms with van der Waals surface area (Å²) in [6.45, 7) is 0. The van der Waals surface area contributed by atoms with Gasteiger partial charge in [-0.3, -0.25) is 13.9 Å². The average Bonchev–Trinajstić information content (AvgIpc) is 2.66. The van der Waals surface area contributed by atoms with E-state index in [2.05, 4.69) is 5.32 Å². The van der Waals surface area contributed by atoms with Crippen LogP contribution in [0.1, 0.15) is 26.3 Å². The van der Waals surface area contributed by atoms with E-state index >= 15 is 0 Å². The predicted octanol–water partition coefficient (Wildman–Crippen LogP) is 1.79. The van der Waals surface area contributed by atoms with E-state index in [9.17, 15) is 23.1 Å². The van der Waals surface area contributed by atoms with Gasteiger partial charge in [0.1, 0.15) is 5.70 Å². The molecular formula is C18H16N2O5S. The Balaban J connectivity index is 2.22. The summed E-state index contributed by atoms with van der Waals surface area (Å²) in [5, 5.41) is 13.1. The van der Waals surface area contributed by atoms with Crippen molar-refractivity contribution in [3.8, 4) is 0 Å². The summed E-state index contributed by atoms with van der Waals surface area (Å²) >= 11 is 0. The van der Waals surface area contributed by atoms with Crippen LogP contribution in [-0.2, 0) is 10.0 Å². The van der Waals surface area contributed by atoms with E-state index in [1.807, 2.05) is 0 Å². The minimum Gasteiger partial charge on any atom is -0.505 e. The van der Waals surface area contributed by atoms with Crippen LogP contribution < -0.4 is 5.32 Å². The Labute approximate surface area is 150 Å². The van der Waals surface area contributed by atoms with Crippen LogP contribution in [0.5, 0.6) is 0 Å². The molecule has 3 rings (SSSR count). The van der Waals surface area contributed by atoms with E-state index in [1.54, 1.807) is 12.1 Å². The van der Waals surface area contributed by atoms with Crippen molar-refractivity contribution in [1.82, 2.24) is 9.62 Å². The lowest BCUT2D eigenvalue weighted by molar-refractivity contribution is 0.0962. The number of ketones is 1. The third-order valence-corrected chi connectivity index (χ3v) is 5.97. The van der Waals surface area contributed by atoms with Crippen molar-refractivity contribution in [2.45, 2.75) is 4.90 Å². The van der Waals surface area contributed by atoms with Gasteiger partial charge < -0.3 is 10.4 Å². The van der Waals surface area contributed by atoms with E-state index in [1.165, 1.54) is 50.5 Å². The highest BCUT2D eigenvalue weighted by Gasteiger charge is 2.39. The molecule has 1 amide bonds. The number of nitrogens with one attached hydrogen (secondary N) is 1. The molecular weight excluding hydrogens is 356 g/mol. The van der Waals surface area contributed by atoms with Crippen LogP contribution in [0.2, 0.25) is 0 Å². The van der Waals surface area contributed by atoms with Crippen LogP contribution in [0, 0.1) is 0 Å². The van der Waals surface area contributed by atoms with Crippen molar-refractivity contribution in [1.29, 1.82) is 0 Å². The summed E-state index contributed by atoms with van der Waals surface area (Å²) < 4.78 is 26.1. The average molecular weight is 372 g/mol. The van der Waals surface area contributed by atoms with Crippen LogP contribution in [-0.4, -0.2) is 43.6 Å². The smallest absolute Gasteiger partial charge is 0.265 e. The first-order valence-corrected chi connectivity index (χ1v) is 9.11. The molecule has 0 spiro atoms. The van der Waals surface area contributed by atoms with Gasteiger partial charge in [-0.1, -0.05) is 24.3 Å². The van der Waals surface area contributed by atoms with Gasteiger partial charge in [0.05, 0.1) is 4.90 Å². The Morgan fingerprint density at radius 2 is 1.73 bits per heavy atom. The standard InChI is InChI=1S/C18H16N2O5S/c1-19-18(23)12-7-5-6-11(10-12)16(21)15-17(22)13-8-3-4-9-14(13)26(24,25)20(15)2/h3-10,21H,1-2H3,(H,19,23)/b16-15+. The number of nitrogens with zero attached hydrogens (tertiary/aromatic N) is 1. The molecule has 1 aliphatic rings. The number of amides is 1. The molecule has 8 heteroatoms. The highest BCUT2D eigenvalue weighted by atomic mass is 32.2. The summed E-state index contributed by atoms with van der Waals surface area (Å²) in [6.07, 6.45) is 0. The van der Waals surface area contributed by atoms with Gasteiger partial charge in [0, 0.05) is 30.8 Å². The third-order valence-electron chi connectivity index (χ3n) is 4.15. The second kappa shape index (κ2) is 6.30. The molecule has 1 heterocycles. The number of rotatable bonds is 2. The van der Waals surface area contributed by atoms with E-state index < -0.39 is 21.6 Å². The molecule has 0 unspecified atom stereocenters. The van der Waals surface area contributed by atoms with E-state index in [4.69, 9.17) is 0 Å². The molecule has 0 saturated carbocycles. The van der Waals surface area contributed by atoms with Crippen molar-refractivity contribution in [3.63, 3.8) is 0 Å². The largest absolute Gasteiger partial charge is 0.505 e. The second-order valence-electron chi connectivity index (χ2n) is 5.65. The third kappa shape index (κ3) is 2.64. The van der Waals surface area contributed by atoms with Crippen LogP contribution in [0.4, 0.5) is 0 Å². The van der Waals surface area contributed by atoms with E-state index in [0.29, 0.717) is 0 Å². The molecule has 0 aliphatic carbocycles. The van der Waals surface area contributed by atoms with Crippen LogP contribution in [0.25, 0.3) is 5.76 Å². The van der Waals surface area contributed by atoms with Gasteiger partial charge in [0.15, 0.2) is 5.76 Å². The number of allylic oxidation sites excluding steroid dienone is 1. The lowest BCUT2D eigenvalue weighted by Gasteiger charge is -2.28. The molecule has 0 radical (unpaired) electrons. The topological polar surface area (TPSA) is 104 Å². The van der Waals surface area contributed by atoms with Crippen LogP contribution in [0.3, 0.4) is 0 Å². The lowest BCUT2D eigenvalue weighted by atomic mass is 10.0. The zero-order valence-corrected chi connectivity index (χ0v) is 14.9. The summed E-state index contributed by atoms with van der Waals surface area (Å²) in [4.78, 5) is 24.5. The second-order valence-corrected chi connectivity index (χ2v) is 7.59. The van der Waals surface area contributed by atoms with Gasteiger partial charge in [-0.15, -0.1) is 0 Å². The molecule has 0 fully saturated rings. The Morgan fingerprint density at radius 1 is 1.08 bits per heavy atom. The number of likely N-dealkylation sites (N-methyl/N-ethyl adjacent to an activating group) is 1. The van der Waals surface area contributed by atoms with Gasteiger partial charge in [0.2, 0.25) is 5.78 Å². The van der Waals surface area contributed by atoms with Crippen molar-refractivity contribution >= 4 is 27.5 Å². The number of hydrogen-bond acceptors (Lipinski definition) is 5. The quantitative estimate of drug-likeness (QED) is 0.618. The molecule has 0 saturated heterocycles. The molecule has 2 N–H and O–H groups in total. The fourth-order valence-corrected chi connectivity index (χ4v) is 4.16. The zero-order valence-electron chi connectivity index (χ0n) is 14.1. The highest BCUT2D eigenvalue weighted by Crippen LogP contribution is 2.34. The summed E-state index contributed by atoms with van der Waals surface area (Å²) in [5.74, 6) is -1.49. The molecule has 26 heavy (non-hydrogen) atoms. The number of fused-ring (bicyclic) bond motifs is 1. The number of hydrogen-bond donors (Lipinski definition) is 2. The Kier molecular flexibility index (Phi) is 4.29. The molecule has 2 aromatic carbocycles. The number of sulfonamides is 1. The van der Waals surface area contributed by atoms with Gasteiger partial charge in [0.25, 0.3) is 15.9 Å². The number of benzene rings is 2. The summed E-state index contributed by atoms with van der Waals surface area (Å²) in [6, 6.07) is 11.8. The Morgan fingerprint density at radius 3 is 2.42 bits per heavy atom. The predicted molar refractivity (Wildman–Crippen MR) is 95.1 cm³/mol. The molecule has 1 aliphatic heterocycles. The first kappa shape index (κ1) is 17.7. The van der Waals surface area contributed by atoms with Gasteiger partial charge >= 0.3 is 0 Å². The number of aliphatic hydroxyl groups is 1. The van der Waals surface area contributed by atoms with Crippen molar-refractivity contribution in [2.75, 3.05) is 14.1 Å². The van der Waals surface area contributed by atoms with Gasteiger partial charge in [-0.25, -0.2) is 8.42 Å². The maximum absolute atomic E-state index is 12.8. The molecule has 0 bridgehead atoms. The van der Waals surface area contributed by atoms with Crippen molar-refractivity contribution < 1.29 is 23.1 Å². The van der Waals surface area contributed by atoms with Gasteiger partial charge in [-0.2, -0.15) is 0 Å². The first-order chi connectivity index (χ1) is 12.3. The van der Waals surface area contributed by atoms with Crippen molar-refractivity contribution in [2.24, 2.45) is 0 Å². The molecule has 2 aromatic rings. The zero-order chi connectivity index (χ0) is 19.1. The first-order valence-electron chi connectivity index (χ1n) is 7.67. The molecule has 7 nitrogen and oxygen atoms in total. The molecule has 0 atom stereocenters. The summed E-state index contributed by atoms with van der Waals surface area (Å²) in [7, 11) is -1.30. The summed E-state index contributed by atoms with van der Waals surface area (Å²) in [5.41, 5.74) is 0.0644. The Hall–Kier alpha value is -3.13. The maximum atomic E-state index is 12.8. The van der Waals surface area contributed by atoms with Gasteiger partial charge in [-0.05, 0) is 24.3 Å². The number of carbonyl (C=O) groups excluding carboxylic acids is 2. The van der Waals surface area contributed by atoms with E-state index in [-0.39, 0.29) is 33.2 Å². The van der Waals surface area contributed by atoms with Crippen LogP contribution in [0.15, 0.2) is 59.1 Å². The molecule has 134 valence electrons. The monoisotopic (exact) mass is 372 g/mol. The maximum Gasteiger partial charge on any atom is 0.265 e. The SMILES string of the molecule is CNC(=O)c1cccc(/C(O)=C2/C(=O)c3ccccc3S(=O)(=O)N2C)c1. The highest BCUT2D eigenvalue weighted by molar-refractivity contribution is 7.89. The normalized spacial score (nSPS) is 17.5. The fraction of sp³-hybridized carbons (Fsp3) is 0.111. The van der Waals surface area contributed by atoms with Crippen LogP contribution >= 0.6 is 0 Å². The fourth-order valence-electron chi connectivity index (χ4n) is 2.76. The minimum absolute atomic E-state index is 0.00499. The van der Waals surface area contributed by atoms with E-state index in [0.717, 1.165) is 4.31 Å².